The van der Waals surface area contributed by atoms with Gasteiger partial charge in [0.2, 0.25) is 12.2 Å². The first kappa shape index (κ1) is 18.9. The zero-order valence-corrected chi connectivity index (χ0v) is 15.6. The number of nitrogens with zero attached hydrogens (tertiary/aromatic N) is 1. The van der Waals surface area contributed by atoms with Crippen LogP contribution in [0.4, 0.5) is 0 Å². The average Bonchev–Trinajstić information content (AvgIpc) is 3.12. The molecule has 4 rings (SSSR count). The van der Waals surface area contributed by atoms with E-state index in [1.165, 1.54) is 5.56 Å². The lowest BCUT2D eigenvalue weighted by Gasteiger charge is -2.34. The van der Waals surface area contributed by atoms with Crippen molar-refractivity contribution in [1.29, 1.82) is 0 Å². The topological polar surface area (TPSA) is 105 Å². The van der Waals surface area contributed by atoms with Crippen molar-refractivity contribution in [2.75, 3.05) is 6.61 Å². The summed E-state index contributed by atoms with van der Waals surface area (Å²) in [7, 11) is 0. The normalized spacial score (nSPS) is 25.4. The summed E-state index contributed by atoms with van der Waals surface area (Å²) in [5.41, 5.74) is 3.52. The fourth-order valence-electron chi connectivity index (χ4n) is 3.12. The number of aliphatic hydroxyl groups excluding tert-OH is 3. The summed E-state index contributed by atoms with van der Waals surface area (Å²) in [4.78, 5) is 4.53. The molecule has 7 nitrogen and oxygen atoms in total. The van der Waals surface area contributed by atoms with Gasteiger partial charge in [-0.2, -0.15) is 0 Å². The van der Waals surface area contributed by atoms with Gasteiger partial charge in [0.1, 0.15) is 29.6 Å². The number of hydrogen-bond donors (Lipinski definition) is 3. The van der Waals surface area contributed by atoms with Crippen LogP contribution in [0, 0.1) is 0 Å². The highest BCUT2D eigenvalue weighted by molar-refractivity contribution is 5.77. The van der Waals surface area contributed by atoms with Crippen LogP contribution in [0.3, 0.4) is 0 Å². The molecule has 1 saturated heterocycles. The summed E-state index contributed by atoms with van der Waals surface area (Å²) >= 11 is 0. The molecule has 0 unspecified atom stereocenters. The van der Waals surface area contributed by atoms with Gasteiger partial charge in [0.15, 0.2) is 5.58 Å². The Morgan fingerprint density at radius 3 is 2.50 bits per heavy atom. The molecule has 3 aromatic rings. The van der Waals surface area contributed by atoms with Gasteiger partial charge in [-0.05, 0) is 47.9 Å². The Labute approximate surface area is 162 Å². The fraction of sp³-hybridized carbons (Fsp3) is 0.381. The summed E-state index contributed by atoms with van der Waals surface area (Å²) in [6.07, 6.45) is -4.83. The van der Waals surface area contributed by atoms with E-state index in [0.717, 1.165) is 16.7 Å². The maximum Gasteiger partial charge on any atom is 0.228 e. The summed E-state index contributed by atoms with van der Waals surface area (Å²) in [5.74, 6) is 1.37. The Morgan fingerprint density at radius 1 is 1.04 bits per heavy atom. The first-order valence-electron chi connectivity index (χ1n) is 9.26. The fourth-order valence-corrected chi connectivity index (χ4v) is 3.12. The molecule has 4 atom stereocenters. The molecule has 2 aromatic carbocycles. The zero-order valence-electron chi connectivity index (χ0n) is 15.6. The zero-order chi connectivity index (χ0) is 19.8. The lowest BCUT2D eigenvalue weighted by atomic mass is 10.0. The van der Waals surface area contributed by atoms with Crippen LogP contribution >= 0.6 is 0 Å². The Bertz CT molecular complexity index is 951. The second-order valence-corrected chi connectivity index (χ2v) is 7.29. The molecule has 1 aliphatic rings. The minimum atomic E-state index is -1.34. The minimum Gasteiger partial charge on any atom is -0.462 e. The van der Waals surface area contributed by atoms with Gasteiger partial charge < -0.3 is 29.2 Å². The van der Waals surface area contributed by atoms with E-state index in [4.69, 9.17) is 13.9 Å². The molecule has 0 radical (unpaired) electrons. The molecule has 1 aromatic heterocycles. The van der Waals surface area contributed by atoms with E-state index in [2.05, 4.69) is 24.9 Å². The van der Waals surface area contributed by atoms with Crippen LogP contribution in [-0.4, -0.2) is 51.5 Å². The largest absolute Gasteiger partial charge is 0.462 e. The Hall–Kier alpha value is -2.45. The van der Waals surface area contributed by atoms with Crippen molar-refractivity contribution < 1.29 is 29.2 Å². The van der Waals surface area contributed by atoms with Crippen LogP contribution in [0.5, 0.6) is 5.75 Å². The smallest absolute Gasteiger partial charge is 0.228 e. The first-order valence-corrected chi connectivity index (χ1v) is 9.26. The van der Waals surface area contributed by atoms with Crippen LogP contribution in [-0.2, 0) is 4.74 Å². The van der Waals surface area contributed by atoms with Gasteiger partial charge >= 0.3 is 0 Å². The summed E-state index contributed by atoms with van der Waals surface area (Å²) in [6.45, 7) is 4.15. The summed E-state index contributed by atoms with van der Waals surface area (Å²) in [5, 5.41) is 29.2. The molecule has 0 bridgehead atoms. The number of benzene rings is 2. The van der Waals surface area contributed by atoms with E-state index in [1.807, 2.05) is 12.1 Å². The van der Waals surface area contributed by atoms with Gasteiger partial charge in [-0.15, -0.1) is 0 Å². The van der Waals surface area contributed by atoms with Gasteiger partial charge in [0.25, 0.3) is 0 Å². The number of aliphatic hydroxyl groups is 3. The number of ether oxygens (including phenoxy) is 2. The third-order valence-corrected chi connectivity index (χ3v) is 4.89. The standard InChI is InChI=1S/C21H23NO6/c1-11(2)13-5-8-15-17(9-13)28-20(22-15)12-3-6-14(7-4-12)27-21-19(25)18(24)16(23)10-26-21/h3-9,11,16,18-19,21,23-25H,10H2,1-2H3/t16-,18-,19+,21-/m0/s1. The second-order valence-electron chi connectivity index (χ2n) is 7.29. The number of hydrogen-bond acceptors (Lipinski definition) is 7. The third-order valence-electron chi connectivity index (χ3n) is 4.89. The Kier molecular flexibility index (Phi) is 5.07. The lowest BCUT2D eigenvalue weighted by Crippen LogP contribution is -2.54. The second kappa shape index (κ2) is 7.52. The van der Waals surface area contributed by atoms with E-state index in [0.29, 0.717) is 17.6 Å². The van der Waals surface area contributed by atoms with Crippen molar-refractivity contribution in [2.24, 2.45) is 0 Å². The monoisotopic (exact) mass is 385 g/mol. The quantitative estimate of drug-likeness (QED) is 0.633. The van der Waals surface area contributed by atoms with Crippen molar-refractivity contribution in [3.63, 3.8) is 0 Å². The summed E-state index contributed by atoms with van der Waals surface area (Å²) in [6, 6.07) is 13.0. The van der Waals surface area contributed by atoms with Crippen LogP contribution in [0.25, 0.3) is 22.6 Å². The van der Waals surface area contributed by atoms with Crippen molar-refractivity contribution in [2.45, 2.75) is 44.4 Å². The summed E-state index contributed by atoms with van der Waals surface area (Å²) < 4.78 is 16.7. The molecule has 2 heterocycles. The molecule has 0 amide bonds. The highest BCUT2D eigenvalue weighted by Crippen LogP contribution is 2.29. The molecule has 7 heteroatoms. The van der Waals surface area contributed by atoms with E-state index in [1.54, 1.807) is 24.3 Å². The SMILES string of the molecule is CC(C)c1ccc2nc(-c3ccc(O[C@@H]4OC[C@H](O)[C@H](O)[C@H]4O)cc3)oc2c1. The van der Waals surface area contributed by atoms with E-state index < -0.39 is 24.6 Å². The molecule has 3 N–H and O–H groups in total. The van der Waals surface area contributed by atoms with Gasteiger partial charge in [-0.3, -0.25) is 0 Å². The molecule has 1 aliphatic heterocycles. The molecular weight excluding hydrogens is 362 g/mol. The molecular formula is C21H23NO6. The van der Waals surface area contributed by atoms with Crippen molar-refractivity contribution in [1.82, 2.24) is 4.98 Å². The predicted octanol–water partition coefficient (Wildman–Crippen LogP) is 2.44. The molecule has 28 heavy (non-hydrogen) atoms. The minimum absolute atomic E-state index is 0.109. The molecule has 0 spiro atoms. The number of fused-ring (bicyclic) bond motifs is 1. The predicted molar refractivity (Wildman–Crippen MR) is 102 cm³/mol. The van der Waals surface area contributed by atoms with Crippen LogP contribution in [0.1, 0.15) is 25.3 Å². The molecule has 0 saturated carbocycles. The number of aromatic nitrogens is 1. The maximum absolute atomic E-state index is 9.96. The molecule has 0 aliphatic carbocycles. The van der Waals surface area contributed by atoms with Crippen LogP contribution in [0.15, 0.2) is 46.9 Å². The lowest BCUT2D eigenvalue weighted by molar-refractivity contribution is -0.242. The average molecular weight is 385 g/mol. The molecule has 148 valence electrons. The maximum atomic E-state index is 9.96. The van der Waals surface area contributed by atoms with E-state index in [-0.39, 0.29) is 6.61 Å². The van der Waals surface area contributed by atoms with Crippen molar-refractivity contribution in [3.8, 4) is 17.2 Å². The van der Waals surface area contributed by atoms with Gasteiger partial charge in [0.05, 0.1) is 6.61 Å². The third kappa shape index (κ3) is 3.62. The van der Waals surface area contributed by atoms with Crippen molar-refractivity contribution in [3.05, 3.63) is 48.0 Å². The highest BCUT2D eigenvalue weighted by Gasteiger charge is 2.38. The van der Waals surface area contributed by atoms with E-state index in [9.17, 15) is 15.3 Å². The van der Waals surface area contributed by atoms with Gasteiger partial charge in [-0.1, -0.05) is 19.9 Å². The first-order chi connectivity index (χ1) is 13.4. The number of rotatable bonds is 4. The number of oxazole rings is 1. The van der Waals surface area contributed by atoms with Crippen LogP contribution < -0.4 is 4.74 Å². The highest BCUT2D eigenvalue weighted by atomic mass is 16.7. The van der Waals surface area contributed by atoms with Gasteiger partial charge in [-0.25, -0.2) is 4.98 Å². The van der Waals surface area contributed by atoms with Gasteiger partial charge in [0, 0.05) is 5.56 Å². The Balaban J connectivity index is 1.51. The molecule has 1 fully saturated rings. The van der Waals surface area contributed by atoms with E-state index >= 15 is 0 Å². The van der Waals surface area contributed by atoms with Crippen LogP contribution in [0.2, 0.25) is 0 Å². The van der Waals surface area contributed by atoms with Crippen molar-refractivity contribution >= 4 is 11.1 Å². The Morgan fingerprint density at radius 2 is 1.79 bits per heavy atom.